The van der Waals surface area contributed by atoms with Crippen LogP contribution in [0.4, 0.5) is 4.39 Å². The van der Waals surface area contributed by atoms with Crippen LogP contribution in [0.25, 0.3) is 0 Å². The van der Waals surface area contributed by atoms with Gasteiger partial charge in [-0.15, -0.1) is 11.3 Å². The zero-order valence-electron chi connectivity index (χ0n) is 19.4. The summed E-state index contributed by atoms with van der Waals surface area (Å²) in [6, 6.07) is 1.85. The molecule has 10 nitrogen and oxygen atoms in total. The summed E-state index contributed by atoms with van der Waals surface area (Å²) in [5.41, 5.74) is 0.849. The minimum atomic E-state index is -1.09. The van der Waals surface area contributed by atoms with Crippen LogP contribution in [0.5, 0.6) is 0 Å². The second-order valence-electron chi connectivity index (χ2n) is 8.18. The lowest BCUT2D eigenvalue weighted by atomic mass is 9.95. The molecule has 0 saturated carbocycles. The van der Waals surface area contributed by atoms with Gasteiger partial charge in [0.1, 0.15) is 17.9 Å². The highest BCUT2D eigenvalue weighted by Gasteiger charge is 2.38. The van der Waals surface area contributed by atoms with Crippen LogP contribution < -0.4 is 5.32 Å². The van der Waals surface area contributed by atoms with Gasteiger partial charge in [0.15, 0.2) is 10.8 Å². The van der Waals surface area contributed by atoms with Gasteiger partial charge in [-0.2, -0.15) is 0 Å². The molecule has 0 aliphatic carbocycles. The Bertz CT molecular complexity index is 1250. The Hall–Kier alpha value is -3.35. The number of piperazine rings is 1. The number of methoxy groups -OCH3 is 1. The smallest absolute Gasteiger partial charge is 0.338 e. The number of carboxylic acid groups (broad SMARTS) is 1. The predicted octanol–water partition coefficient (Wildman–Crippen LogP) is 2.07. The summed E-state index contributed by atoms with van der Waals surface area (Å²) < 4.78 is 18.8. The van der Waals surface area contributed by atoms with E-state index < -0.39 is 29.8 Å². The summed E-state index contributed by atoms with van der Waals surface area (Å²) in [6.07, 6.45) is 1.60. The lowest BCUT2D eigenvalue weighted by molar-refractivity contribution is -0.147. The molecule has 3 heterocycles. The molecule has 2 aliphatic rings. The molecule has 2 aromatic rings. The Morgan fingerprint density at radius 2 is 2.11 bits per heavy atom. The van der Waals surface area contributed by atoms with E-state index in [0.29, 0.717) is 28.6 Å². The van der Waals surface area contributed by atoms with Crippen molar-refractivity contribution in [3.05, 3.63) is 62.5 Å². The van der Waals surface area contributed by atoms with Crippen LogP contribution in [0.2, 0.25) is 5.02 Å². The molecule has 1 aromatic heterocycles. The Morgan fingerprint density at radius 3 is 2.72 bits per heavy atom. The number of hydrogen-bond acceptors (Lipinski definition) is 9. The van der Waals surface area contributed by atoms with Crippen LogP contribution >= 0.6 is 22.9 Å². The van der Waals surface area contributed by atoms with Gasteiger partial charge in [0.25, 0.3) is 0 Å². The number of aliphatic imine (C=N–C) groups is 1. The fourth-order valence-corrected chi connectivity index (χ4v) is 5.06. The number of hydrogen-bond donors (Lipinski definition) is 2. The van der Waals surface area contributed by atoms with Gasteiger partial charge in [0, 0.05) is 61.0 Å². The predicted molar refractivity (Wildman–Crippen MR) is 130 cm³/mol. The summed E-state index contributed by atoms with van der Waals surface area (Å²) in [6.45, 7) is 2.02. The van der Waals surface area contributed by atoms with Crippen molar-refractivity contribution in [3.63, 3.8) is 0 Å². The van der Waals surface area contributed by atoms with Gasteiger partial charge in [-0.1, -0.05) is 17.7 Å². The quantitative estimate of drug-likeness (QED) is 0.539. The maximum Gasteiger partial charge on any atom is 0.338 e. The maximum atomic E-state index is 13.8. The van der Waals surface area contributed by atoms with E-state index in [2.05, 4.69) is 15.3 Å². The van der Waals surface area contributed by atoms with E-state index in [1.807, 2.05) is 0 Å². The van der Waals surface area contributed by atoms with E-state index in [-0.39, 0.29) is 36.1 Å². The first-order valence-corrected chi connectivity index (χ1v) is 12.2. The number of aromatic nitrogens is 1. The molecule has 36 heavy (non-hydrogen) atoms. The molecule has 1 aromatic carbocycles. The Labute approximate surface area is 215 Å². The monoisotopic (exact) mass is 535 g/mol. The van der Waals surface area contributed by atoms with Gasteiger partial charge >= 0.3 is 11.9 Å². The summed E-state index contributed by atoms with van der Waals surface area (Å²) in [5.74, 6) is -2.19. The van der Waals surface area contributed by atoms with Crippen molar-refractivity contribution in [2.45, 2.75) is 19.0 Å². The van der Waals surface area contributed by atoms with Gasteiger partial charge in [0.2, 0.25) is 5.91 Å². The molecule has 2 aliphatic heterocycles. The van der Waals surface area contributed by atoms with Crippen LogP contribution in [0.3, 0.4) is 0 Å². The molecule has 190 valence electrons. The van der Waals surface area contributed by atoms with Crippen molar-refractivity contribution in [1.29, 1.82) is 0 Å². The standard InChI is InChI=1S/C23H23ClFN5O5S/c1-12(31)29-6-7-30(17(11-29)22(32)33)10-16-18(23(34)35-2)19(14-4-3-13(25)9-15(14)24)28-20(27-16)21-26-5-8-36-21/h3-5,8-9,17,19H,6-7,10-11H2,1-2H3,(H,27,28)(H,32,33)/t17-,19-/m0/s1. The average Bonchev–Trinajstić information content (AvgIpc) is 3.38. The number of rotatable bonds is 6. The highest BCUT2D eigenvalue weighted by Crippen LogP contribution is 2.37. The number of nitrogens with zero attached hydrogens (tertiary/aromatic N) is 4. The summed E-state index contributed by atoms with van der Waals surface area (Å²) in [4.78, 5) is 49.0. The number of amides is 1. The second-order valence-corrected chi connectivity index (χ2v) is 9.48. The fraction of sp³-hybridized carbons (Fsp3) is 0.348. The number of benzene rings is 1. The summed E-state index contributed by atoms with van der Waals surface area (Å²) >= 11 is 7.67. The van der Waals surface area contributed by atoms with Crippen molar-refractivity contribution in [2.24, 2.45) is 4.99 Å². The van der Waals surface area contributed by atoms with Crippen LogP contribution in [-0.4, -0.2) is 82.9 Å². The van der Waals surface area contributed by atoms with Crippen LogP contribution in [0, 0.1) is 5.82 Å². The lowest BCUT2D eigenvalue weighted by Gasteiger charge is -2.40. The van der Waals surface area contributed by atoms with Gasteiger partial charge in [-0.05, 0) is 12.1 Å². The number of amidine groups is 1. The van der Waals surface area contributed by atoms with E-state index in [0.717, 1.165) is 6.07 Å². The summed E-state index contributed by atoms with van der Waals surface area (Å²) in [7, 11) is 1.22. The Kier molecular flexibility index (Phi) is 7.67. The molecule has 1 amide bonds. The lowest BCUT2D eigenvalue weighted by Crippen LogP contribution is -2.58. The van der Waals surface area contributed by atoms with E-state index in [1.54, 1.807) is 16.5 Å². The van der Waals surface area contributed by atoms with Crippen molar-refractivity contribution >= 4 is 46.6 Å². The molecule has 1 fully saturated rings. The number of halogens is 2. The average molecular weight is 536 g/mol. The van der Waals surface area contributed by atoms with Crippen LogP contribution in [-0.2, 0) is 19.1 Å². The molecule has 0 unspecified atom stereocenters. The molecule has 2 N–H and O–H groups in total. The van der Waals surface area contributed by atoms with Gasteiger partial charge in [0.05, 0.1) is 12.7 Å². The Balaban J connectivity index is 1.79. The maximum absolute atomic E-state index is 13.8. The number of aliphatic carboxylic acids is 1. The molecular weight excluding hydrogens is 513 g/mol. The number of carboxylic acids is 1. The molecule has 4 rings (SSSR count). The first kappa shape index (κ1) is 25.7. The van der Waals surface area contributed by atoms with Crippen molar-refractivity contribution in [1.82, 2.24) is 20.1 Å². The van der Waals surface area contributed by atoms with E-state index >= 15 is 0 Å². The van der Waals surface area contributed by atoms with E-state index in [9.17, 15) is 23.9 Å². The van der Waals surface area contributed by atoms with Crippen molar-refractivity contribution in [3.8, 4) is 0 Å². The number of nitrogens with one attached hydrogen (secondary N) is 1. The highest BCUT2D eigenvalue weighted by molar-refractivity contribution is 7.11. The van der Waals surface area contributed by atoms with Gasteiger partial charge in [-0.25, -0.2) is 14.2 Å². The van der Waals surface area contributed by atoms with Crippen molar-refractivity contribution < 1.29 is 28.6 Å². The summed E-state index contributed by atoms with van der Waals surface area (Å²) in [5, 5.41) is 15.4. The molecule has 13 heteroatoms. The SMILES string of the molecule is COC(=O)C1=C(CN2CCN(C(C)=O)C[C@H]2C(=O)O)NC(c2nccs2)=N[C@H]1c1ccc(F)cc1Cl. The fourth-order valence-electron chi connectivity index (χ4n) is 4.20. The normalized spacial score (nSPS) is 20.6. The van der Waals surface area contributed by atoms with Crippen molar-refractivity contribution in [2.75, 3.05) is 33.3 Å². The minimum Gasteiger partial charge on any atom is -0.480 e. The molecule has 0 radical (unpaired) electrons. The molecule has 1 saturated heterocycles. The number of ether oxygens (including phenoxy) is 1. The number of carbonyl (C=O) groups is 3. The zero-order chi connectivity index (χ0) is 26.0. The van der Waals surface area contributed by atoms with E-state index in [4.69, 9.17) is 16.3 Å². The van der Waals surface area contributed by atoms with Gasteiger partial charge < -0.3 is 20.1 Å². The first-order chi connectivity index (χ1) is 17.2. The zero-order valence-corrected chi connectivity index (χ0v) is 21.0. The third kappa shape index (κ3) is 5.25. The second kappa shape index (κ2) is 10.7. The largest absolute Gasteiger partial charge is 0.480 e. The molecule has 0 spiro atoms. The highest BCUT2D eigenvalue weighted by atomic mass is 35.5. The number of esters is 1. The third-order valence-corrected chi connectivity index (χ3v) is 7.11. The van der Waals surface area contributed by atoms with Gasteiger partial charge in [-0.3, -0.25) is 19.5 Å². The minimum absolute atomic E-state index is 0.00610. The first-order valence-electron chi connectivity index (χ1n) is 10.9. The van der Waals surface area contributed by atoms with Crippen LogP contribution in [0.15, 0.2) is 46.0 Å². The van der Waals surface area contributed by atoms with Crippen LogP contribution in [0.1, 0.15) is 23.5 Å². The molecule has 0 bridgehead atoms. The topological polar surface area (TPSA) is 124 Å². The molecule has 2 atom stereocenters. The third-order valence-electron chi connectivity index (χ3n) is 6.01. The molecular formula is C23H23ClFN5O5S. The number of carbonyl (C=O) groups excluding carboxylic acids is 2. The Morgan fingerprint density at radius 1 is 1.33 bits per heavy atom. The van der Waals surface area contributed by atoms with E-state index in [1.165, 1.54) is 42.4 Å². The number of thiazole rings is 1.